The molecule has 18 atom stereocenters. The summed E-state index contributed by atoms with van der Waals surface area (Å²) in [6, 6.07) is 0. The van der Waals surface area contributed by atoms with E-state index in [2.05, 4.69) is 42.5 Å². The van der Waals surface area contributed by atoms with Crippen LogP contribution in [0.1, 0.15) is 89.9 Å². The molecule has 5 aliphatic heterocycles. The fourth-order valence-electron chi connectivity index (χ4n) is 12.6. The van der Waals surface area contributed by atoms with Crippen molar-refractivity contribution >= 4 is 11.9 Å². The number of nitrogens with one attached hydrogen (secondary N) is 8. The number of carboxylic acid groups (broad SMARTS) is 2. The molecule has 0 amide bonds. The van der Waals surface area contributed by atoms with Crippen LogP contribution in [0.3, 0.4) is 0 Å². The zero-order valence-corrected chi connectivity index (χ0v) is 28.3. The number of carboxylic acids is 2. The van der Waals surface area contributed by atoms with Gasteiger partial charge in [-0.25, -0.2) is 0 Å². The maximum Gasteiger partial charge on any atom is 2.00 e. The average Bonchev–Trinajstić information content (AvgIpc) is 3.80. The van der Waals surface area contributed by atoms with Crippen molar-refractivity contribution in [1.29, 1.82) is 0 Å². The maximum atomic E-state index is 12.7. The minimum Gasteiger partial charge on any atom is -0.550 e. The molecule has 9 rings (SSSR count). The van der Waals surface area contributed by atoms with Gasteiger partial charge in [0.15, 0.2) is 0 Å². The van der Waals surface area contributed by atoms with E-state index in [1.54, 1.807) is 0 Å². The van der Waals surface area contributed by atoms with E-state index in [0.717, 1.165) is 6.42 Å². The Morgan fingerprint density at radius 1 is 0.383 bits per heavy atom. The molecule has 263 valence electrons. The van der Waals surface area contributed by atoms with E-state index in [0.29, 0.717) is 48.3 Å². The minimum atomic E-state index is -1.27. The molecule has 13 heteroatoms. The quantitative estimate of drug-likeness (QED) is 0.169. The summed E-state index contributed by atoms with van der Waals surface area (Å²) in [5.41, 5.74) is 0. The first-order chi connectivity index (χ1) is 22.4. The van der Waals surface area contributed by atoms with E-state index in [9.17, 15) is 19.8 Å². The molecule has 5 heterocycles. The van der Waals surface area contributed by atoms with Gasteiger partial charge in [0.1, 0.15) is 0 Å². The van der Waals surface area contributed by atoms with Gasteiger partial charge in [-0.05, 0) is 92.8 Å². The number of rotatable bonds is 2. The van der Waals surface area contributed by atoms with Gasteiger partial charge in [0.2, 0.25) is 0 Å². The molecule has 0 spiro atoms. The van der Waals surface area contributed by atoms with Crippen LogP contribution >= 0.6 is 0 Å². The van der Waals surface area contributed by atoms with Gasteiger partial charge in [0.25, 0.3) is 0 Å². The fraction of sp³-hybridized carbons (Fsp3) is 0.941. The Bertz CT molecular complexity index is 1180. The Balaban J connectivity index is 0.00000324. The van der Waals surface area contributed by atoms with E-state index in [4.69, 9.17) is 0 Å². The Morgan fingerprint density at radius 3 is 0.979 bits per heavy atom. The van der Waals surface area contributed by atoms with Gasteiger partial charge >= 0.3 is 16.8 Å². The van der Waals surface area contributed by atoms with Crippen LogP contribution in [-0.2, 0) is 26.4 Å². The maximum absolute atomic E-state index is 12.7. The molecule has 8 N–H and O–H groups in total. The first-order valence-electron chi connectivity index (χ1n) is 18.9. The summed E-state index contributed by atoms with van der Waals surface area (Å²) in [7, 11) is 0. The number of aliphatic carboxylic acids is 2. The van der Waals surface area contributed by atoms with Crippen molar-refractivity contribution in [2.45, 2.75) is 139 Å². The largest absolute Gasteiger partial charge is 2.00 e. The van der Waals surface area contributed by atoms with Crippen molar-refractivity contribution in [2.24, 2.45) is 59.2 Å². The van der Waals surface area contributed by atoms with Crippen LogP contribution in [0.25, 0.3) is 0 Å². The van der Waals surface area contributed by atoms with Crippen LogP contribution in [0.5, 0.6) is 0 Å². The average molecular weight is 698 g/mol. The molecular weight excluding hydrogens is 643 g/mol. The van der Waals surface area contributed by atoms with Crippen molar-refractivity contribution in [3.05, 3.63) is 0 Å². The molecule has 4 saturated carbocycles. The third-order valence-corrected chi connectivity index (χ3v) is 14.6. The van der Waals surface area contributed by atoms with E-state index in [1.807, 2.05) is 0 Å². The Hall–Kier alpha value is -0.874. The second-order valence-corrected chi connectivity index (χ2v) is 16.6. The summed E-state index contributed by atoms with van der Waals surface area (Å²) in [6.45, 7) is 0. The monoisotopic (exact) mass is 697 g/mol. The van der Waals surface area contributed by atoms with Gasteiger partial charge in [-0.1, -0.05) is 38.5 Å². The second-order valence-electron chi connectivity index (χ2n) is 16.6. The summed E-state index contributed by atoms with van der Waals surface area (Å²) >= 11 is 0. The van der Waals surface area contributed by atoms with Gasteiger partial charge in [-0.15, -0.1) is 0 Å². The van der Waals surface area contributed by atoms with Crippen molar-refractivity contribution in [2.75, 3.05) is 0 Å². The van der Waals surface area contributed by atoms with Crippen LogP contribution in [0.4, 0.5) is 0 Å². The molecule has 1 radical (unpaired) electrons. The Labute approximate surface area is 288 Å². The number of carbonyl (C=O) groups is 2. The van der Waals surface area contributed by atoms with Crippen LogP contribution in [0.15, 0.2) is 0 Å². The van der Waals surface area contributed by atoms with Crippen molar-refractivity contribution < 1.29 is 36.6 Å². The number of fused-ring (bicyclic) bond motifs is 20. The molecule has 0 aromatic rings. The third kappa shape index (κ3) is 5.72. The predicted octanol–water partition coefficient (Wildman–Crippen LogP) is -1.44. The summed E-state index contributed by atoms with van der Waals surface area (Å²) in [4.78, 5) is 25.0. The van der Waals surface area contributed by atoms with Crippen LogP contribution in [0, 0.1) is 59.2 Å². The molecular formula is C34H54CoN8O4. The molecule has 9 fully saturated rings. The van der Waals surface area contributed by atoms with Crippen molar-refractivity contribution in [1.82, 2.24) is 42.5 Å². The third-order valence-electron chi connectivity index (χ3n) is 14.6. The van der Waals surface area contributed by atoms with Crippen molar-refractivity contribution in [3.63, 3.8) is 0 Å². The standard InChI is InChI=1S/C34H56N8O4.Co/c43-33(44)22-14-13-21-23(24(22)34(45)46)32-41-30-20-12-6-5-11-19(20)28(39-30)37-26-16-8-2-1-7-15(16)25(35-26)36-27-17-9-3-4-10-18(17)29(38-27)40-31(21)42-32;/h15-32,35-42H,1-14H2,(H,43,44)(H,45,46);/q;+2/p-2. The minimum absolute atomic E-state index is 0. The zero-order valence-electron chi connectivity index (χ0n) is 27.3. The summed E-state index contributed by atoms with van der Waals surface area (Å²) < 4.78 is 0. The van der Waals surface area contributed by atoms with Gasteiger partial charge in [-0.2, -0.15) is 0 Å². The zero-order chi connectivity index (χ0) is 31.1. The Kier molecular flexibility index (Phi) is 9.45. The van der Waals surface area contributed by atoms with E-state index >= 15 is 0 Å². The molecule has 9 aliphatic rings. The van der Waals surface area contributed by atoms with Crippen LogP contribution < -0.4 is 52.7 Å². The van der Waals surface area contributed by atoms with E-state index in [1.165, 1.54) is 70.6 Å². The first-order valence-corrected chi connectivity index (χ1v) is 18.9. The summed E-state index contributed by atoms with van der Waals surface area (Å²) in [5, 5.41) is 57.1. The molecule has 0 aromatic heterocycles. The molecule has 47 heavy (non-hydrogen) atoms. The molecule has 12 nitrogen and oxygen atoms in total. The summed E-state index contributed by atoms with van der Waals surface area (Å²) in [5.74, 6) is -1.95. The molecule has 5 saturated heterocycles. The number of hydrogen-bond donors (Lipinski definition) is 8. The van der Waals surface area contributed by atoms with E-state index < -0.39 is 29.7 Å². The Morgan fingerprint density at radius 2 is 0.681 bits per heavy atom. The van der Waals surface area contributed by atoms with Crippen LogP contribution in [-0.4, -0.2) is 61.3 Å². The molecule has 8 bridgehead atoms. The molecule has 18 unspecified atom stereocenters. The van der Waals surface area contributed by atoms with E-state index in [-0.39, 0.29) is 72.0 Å². The second kappa shape index (κ2) is 13.4. The first kappa shape index (κ1) is 33.3. The smallest absolute Gasteiger partial charge is 0.550 e. The predicted molar refractivity (Wildman–Crippen MR) is 165 cm³/mol. The van der Waals surface area contributed by atoms with Gasteiger partial charge in [0.05, 0.1) is 49.3 Å². The number of carbonyl (C=O) groups excluding carboxylic acids is 2. The topological polar surface area (TPSA) is 176 Å². The SMILES string of the molecule is O=C([O-])C1CCC2C3NC4NC(NC5NC(NC6NC(NC(N3)C2C1C(=O)[O-])C1CCCCC61)C1CCCCC51)C1CCCCC41.[Co+2]. The fourth-order valence-corrected chi connectivity index (χ4v) is 12.6. The normalized spacial score (nSPS) is 53.5. The summed E-state index contributed by atoms with van der Waals surface area (Å²) in [6.07, 6.45) is 16.2. The number of hydrogen-bond acceptors (Lipinski definition) is 12. The van der Waals surface area contributed by atoms with Gasteiger partial charge in [-0.3, -0.25) is 42.5 Å². The van der Waals surface area contributed by atoms with Gasteiger partial charge in [0, 0.05) is 29.7 Å². The molecule has 4 aliphatic carbocycles. The van der Waals surface area contributed by atoms with Gasteiger partial charge < -0.3 is 19.8 Å². The van der Waals surface area contributed by atoms with Crippen molar-refractivity contribution in [3.8, 4) is 0 Å². The molecule has 0 aromatic carbocycles. The van der Waals surface area contributed by atoms with Crippen LogP contribution in [0.2, 0.25) is 0 Å².